The molecule has 116 valence electrons. The molecule has 2 amide bonds. The molecule has 8 nitrogen and oxygen atoms in total. The molecule has 0 aromatic carbocycles. The topological polar surface area (TPSA) is 98.3 Å². The van der Waals surface area contributed by atoms with E-state index >= 15 is 0 Å². The van der Waals surface area contributed by atoms with Gasteiger partial charge in [-0.1, -0.05) is 0 Å². The number of nitrogens with two attached hydrogens (primary N) is 1. The lowest BCUT2D eigenvalue weighted by Gasteiger charge is -2.27. The Bertz CT molecular complexity index is 711. The predicted molar refractivity (Wildman–Crippen MR) is 81.6 cm³/mol. The van der Waals surface area contributed by atoms with Crippen LogP contribution in [0.3, 0.4) is 0 Å². The zero-order valence-corrected chi connectivity index (χ0v) is 12.5. The number of nitrogen functional groups attached to an aromatic ring is 1. The lowest BCUT2D eigenvalue weighted by Crippen LogP contribution is -2.40. The number of amides is 2. The molecule has 2 aromatic heterocycles. The SMILES string of the molecule is COc1ncc(C)cc1NC(=O)N1CCn2nc(N)cc2C1. The second-order valence-corrected chi connectivity index (χ2v) is 5.20. The largest absolute Gasteiger partial charge is 0.480 e. The van der Waals surface area contributed by atoms with Gasteiger partial charge in [-0.25, -0.2) is 9.78 Å². The van der Waals surface area contributed by atoms with Gasteiger partial charge in [0.25, 0.3) is 0 Å². The van der Waals surface area contributed by atoms with Crippen molar-refractivity contribution in [3.05, 3.63) is 29.6 Å². The minimum absolute atomic E-state index is 0.197. The van der Waals surface area contributed by atoms with Crippen molar-refractivity contribution in [2.24, 2.45) is 0 Å². The van der Waals surface area contributed by atoms with Crippen LogP contribution in [0.5, 0.6) is 5.88 Å². The molecule has 0 bridgehead atoms. The third-order valence-corrected chi connectivity index (χ3v) is 3.53. The number of anilines is 2. The number of nitrogens with zero attached hydrogens (tertiary/aromatic N) is 4. The van der Waals surface area contributed by atoms with Gasteiger partial charge in [-0.2, -0.15) is 5.10 Å². The van der Waals surface area contributed by atoms with Gasteiger partial charge in [0.1, 0.15) is 11.5 Å². The number of rotatable bonds is 2. The fourth-order valence-corrected chi connectivity index (χ4v) is 2.47. The molecule has 3 N–H and O–H groups in total. The van der Waals surface area contributed by atoms with E-state index in [1.165, 1.54) is 7.11 Å². The molecule has 8 heteroatoms. The van der Waals surface area contributed by atoms with Crippen molar-refractivity contribution in [1.82, 2.24) is 19.7 Å². The van der Waals surface area contributed by atoms with Crippen molar-refractivity contribution in [2.75, 3.05) is 24.7 Å². The van der Waals surface area contributed by atoms with Gasteiger partial charge in [0, 0.05) is 18.8 Å². The molecule has 3 rings (SSSR count). The van der Waals surface area contributed by atoms with Crippen LogP contribution in [0.25, 0.3) is 0 Å². The van der Waals surface area contributed by atoms with Crippen molar-refractivity contribution >= 4 is 17.5 Å². The molecule has 0 spiro atoms. The molecule has 0 aliphatic carbocycles. The van der Waals surface area contributed by atoms with E-state index in [1.54, 1.807) is 17.2 Å². The van der Waals surface area contributed by atoms with Gasteiger partial charge < -0.3 is 20.7 Å². The normalized spacial score (nSPS) is 13.6. The quantitative estimate of drug-likeness (QED) is 0.869. The minimum atomic E-state index is -0.197. The highest BCUT2D eigenvalue weighted by Gasteiger charge is 2.22. The number of aryl methyl sites for hydroxylation is 1. The van der Waals surface area contributed by atoms with Crippen LogP contribution in [-0.4, -0.2) is 39.4 Å². The van der Waals surface area contributed by atoms with Crippen LogP contribution in [0.2, 0.25) is 0 Å². The lowest BCUT2D eigenvalue weighted by atomic mass is 10.3. The number of carbonyl (C=O) groups is 1. The zero-order chi connectivity index (χ0) is 15.7. The van der Waals surface area contributed by atoms with E-state index < -0.39 is 0 Å². The Morgan fingerprint density at radius 3 is 3.00 bits per heavy atom. The fraction of sp³-hybridized carbons (Fsp3) is 0.357. The van der Waals surface area contributed by atoms with Crippen LogP contribution in [0.1, 0.15) is 11.3 Å². The summed E-state index contributed by atoms with van der Waals surface area (Å²) in [5.41, 5.74) is 8.11. The van der Waals surface area contributed by atoms with Gasteiger partial charge in [0.15, 0.2) is 0 Å². The van der Waals surface area contributed by atoms with Crippen molar-refractivity contribution < 1.29 is 9.53 Å². The summed E-state index contributed by atoms with van der Waals surface area (Å²) in [6.07, 6.45) is 1.69. The Balaban J connectivity index is 1.74. The maximum Gasteiger partial charge on any atom is 0.322 e. The number of nitrogens with one attached hydrogen (secondary N) is 1. The van der Waals surface area contributed by atoms with E-state index in [4.69, 9.17) is 10.5 Å². The molecule has 0 saturated carbocycles. The molecule has 2 aromatic rings. The van der Waals surface area contributed by atoms with Gasteiger partial charge in [0.2, 0.25) is 5.88 Å². The number of methoxy groups -OCH3 is 1. The Morgan fingerprint density at radius 2 is 2.23 bits per heavy atom. The standard InChI is InChI=1S/C14H18N6O2/c1-9-5-11(13(22-2)16-7-9)17-14(21)19-3-4-20-10(8-19)6-12(15)18-20/h5-7H,3-4,8H2,1-2H3,(H2,15,18)(H,17,21). The molecule has 0 unspecified atom stereocenters. The second-order valence-electron chi connectivity index (χ2n) is 5.20. The highest BCUT2D eigenvalue weighted by Crippen LogP contribution is 2.23. The van der Waals surface area contributed by atoms with Crippen LogP contribution in [0, 0.1) is 6.92 Å². The maximum absolute atomic E-state index is 12.4. The Morgan fingerprint density at radius 1 is 1.41 bits per heavy atom. The monoisotopic (exact) mass is 302 g/mol. The number of carbonyl (C=O) groups excluding carboxylic acids is 1. The molecule has 0 fully saturated rings. The average molecular weight is 302 g/mol. The minimum Gasteiger partial charge on any atom is -0.480 e. The number of urea groups is 1. The van der Waals surface area contributed by atoms with E-state index in [9.17, 15) is 4.79 Å². The molecule has 0 radical (unpaired) electrons. The van der Waals surface area contributed by atoms with Gasteiger partial charge >= 0.3 is 6.03 Å². The fourth-order valence-electron chi connectivity index (χ4n) is 2.47. The molecule has 22 heavy (non-hydrogen) atoms. The van der Waals surface area contributed by atoms with Crippen LogP contribution in [0.15, 0.2) is 18.3 Å². The number of pyridine rings is 1. The van der Waals surface area contributed by atoms with E-state index in [1.807, 2.05) is 17.7 Å². The number of hydrogen-bond acceptors (Lipinski definition) is 5. The Kier molecular flexibility index (Phi) is 3.58. The first kappa shape index (κ1) is 14.2. The summed E-state index contributed by atoms with van der Waals surface area (Å²) in [5.74, 6) is 0.868. The van der Waals surface area contributed by atoms with Gasteiger partial charge in [-0.15, -0.1) is 0 Å². The summed E-state index contributed by atoms with van der Waals surface area (Å²) in [5, 5.41) is 7.02. The van der Waals surface area contributed by atoms with Crippen molar-refractivity contribution in [2.45, 2.75) is 20.0 Å². The summed E-state index contributed by atoms with van der Waals surface area (Å²) < 4.78 is 7.00. The molecule has 3 heterocycles. The first-order chi connectivity index (χ1) is 10.6. The third-order valence-electron chi connectivity index (χ3n) is 3.53. The van der Waals surface area contributed by atoms with Crippen LogP contribution >= 0.6 is 0 Å². The third kappa shape index (κ3) is 2.67. The lowest BCUT2D eigenvalue weighted by molar-refractivity contribution is 0.194. The zero-order valence-electron chi connectivity index (χ0n) is 12.5. The van der Waals surface area contributed by atoms with Gasteiger partial charge in [-0.3, -0.25) is 4.68 Å². The Labute approximate surface area is 127 Å². The summed E-state index contributed by atoms with van der Waals surface area (Å²) in [6, 6.07) is 3.42. The van der Waals surface area contributed by atoms with Crippen molar-refractivity contribution in [1.29, 1.82) is 0 Å². The van der Waals surface area contributed by atoms with Gasteiger partial charge in [-0.05, 0) is 18.6 Å². The van der Waals surface area contributed by atoms with E-state index in [2.05, 4.69) is 15.4 Å². The van der Waals surface area contributed by atoms with Crippen molar-refractivity contribution in [3.8, 4) is 5.88 Å². The molecule has 0 atom stereocenters. The first-order valence-electron chi connectivity index (χ1n) is 6.95. The molecule has 0 saturated heterocycles. The molecule has 1 aliphatic heterocycles. The molecular formula is C14H18N6O2. The number of hydrogen-bond donors (Lipinski definition) is 2. The summed E-state index contributed by atoms with van der Waals surface area (Å²) in [7, 11) is 1.52. The van der Waals surface area contributed by atoms with Crippen LogP contribution < -0.4 is 15.8 Å². The maximum atomic E-state index is 12.4. The Hall–Kier alpha value is -2.77. The summed E-state index contributed by atoms with van der Waals surface area (Å²) in [4.78, 5) is 18.3. The summed E-state index contributed by atoms with van der Waals surface area (Å²) >= 11 is 0. The van der Waals surface area contributed by atoms with Crippen LogP contribution in [0.4, 0.5) is 16.3 Å². The number of aromatic nitrogens is 3. The highest BCUT2D eigenvalue weighted by atomic mass is 16.5. The van der Waals surface area contributed by atoms with Crippen LogP contribution in [-0.2, 0) is 13.1 Å². The number of fused-ring (bicyclic) bond motifs is 1. The predicted octanol–water partition coefficient (Wildman–Crippen LogP) is 1.23. The summed E-state index contributed by atoms with van der Waals surface area (Å²) in [6.45, 7) is 3.58. The number of ether oxygens (including phenoxy) is 1. The molecular weight excluding hydrogens is 284 g/mol. The van der Waals surface area contributed by atoms with E-state index in [0.717, 1.165) is 11.3 Å². The van der Waals surface area contributed by atoms with E-state index in [0.29, 0.717) is 37.0 Å². The van der Waals surface area contributed by atoms with Gasteiger partial charge in [0.05, 0.1) is 25.9 Å². The van der Waals surface area contributed by atoms with E-state index in [-0.39, 0.29) is 6.03 Å². The smallest absolute Gasteiger partial charge is 0.322 e. The molecule has 1 aliphatic rings. The second kappa shape index (κ2) is 5.55. The highest BCUT2D eigenvalue weighted by molar-refractivity contribution is 5.90. The average Bonchev–Trinajstić information content (AvgIpc) is 2.86. The van der Waals surface area contributed by atoms with Crippen molar-refractivity contribution in [3.63, 3.8) is 0 Å². The first-order valence-corrected chi connectivity index (χ1v) is 6.95.